The van der Waals surface area contributed by atoms with E-state index in [1.807, 2.05) is 0 Å². The fourth-order valence-corrected chi connectivity index (χ4v) is 5.27. The SMILES string of the molecule is O=S1(=O)[C@H]2CC[C@H](Cl)[C@@H]1CC2. The summed E-state index contributed by atoms with van der Waals surface area (Å²) in [6.07, 6.45) is 3.31. The van der Waals surface area contributed by atoms with E-state index in [0.717, 1.165) is 25.7 Å². The van der Waals surface area contributed by atoms with Gasteiger partial charge in [0, 0.05) is 0 Å². The highest BCUT2D eigenvalue weighted by Crippen LogP contribution is 2.40. The highest BCUT2D eigenvalue weighted by molar-refractivity contribution is 7.93. The second-order valence-electron chi connectivity index (χ2n) is 3.42. The van der Waals surface area contributed by atoms with Crippen LogP contribution in [-0.4, -0.2) is 24.3 Å². The van der Waals surface area contributed by atoms with Crippen molar-refractivity contribution >= 4 is 21.4 Å². The largest absolute Gasteiger partial charge is 0.228 e. The Morgan fingerprint density at radius 2 is 1.73 bits per heavy atom. The first-order valence-corrected chi connectivity index (χ1v) is 6.04. The maximum Gasteiger partial charge on any atom is 0.157 e. The molecule has 2 rings (SSSR count). The van der Waals surface area contributed by atoms with E-state index in [4.69, 9.17) is 11.6 Å². The molecule has 2 bridgehead atoms. The molecule has 3 atom stereocenters. The molecular formula is C7H11ClO2S. The second-order valence-corrected chi connectivity index (χ2v) is 6.43. The smallest absolute Gasteiger partial charge is 0.157 e. The van der Waals surface area contributed by atoms with Crippen LogP contribution in [0.3, 0.4) is 0 Å². The Labute approximate surface area is 71.8 Å². The van der Waals surface area contributed by atoms with Gasteiger partial charge >= 0.3 is 0 Å². The fourth-order valence-electron chi connectivity index (χ4n) is 2.15. The molecule has 2 saturated heterocycles. The normalized spacial score (nSPS) is 47.5. The number of fused-ring (bicyclic) bond motifs is 2. The van der Waals surface area contributed by atoms with Crippen molar-refractivity contribution in [1.82, 2.24) is 0 Å². The van der Waals surface area contributed by atoms with Gasteiger partial charge in [-0.2, -0.15) is 0 Å². The molecule has 0 saturated carbocycles. The molecule has 2 aliphatic heterocycles. The van der Waals surface area contributed by atoms with Crippen LogP contribution in [0, 0.1) is 0 Å². The first-order chi connectivity index (χ1) is 5.12. The van der Waals surface area contributed by atoms with Gasteiger partial charge in [0.15, 0.2) is 9.84 Å². The van der Waals surface area contributed by atoms with Crippen LogP contribution in [0.4, 0.5) is 0 Å². The van der Waals surface area contributed by atoms with E-state index >= 15 is 0 Å². The lowest BCUT2D eigenvalue weighted by Gasteiger charge is -2.23. The van der Waals surface area contributed by atoms with Gasteiger partial charge in [0.1, 0.15) is 0 Å². The van der Waals surface area contributed by atoms with Crippen molar-refractivity contribution in [3.8, 4) is 0 Å². The monoisotopic (exact) mass is 194 g/mol. The van der Waals surface area contributed by atoms with Crippen LogP contribution >= 0.6 is 11.6 Å². The maximum absolute atomic E-state index is 11.5. The zero-order valence-electron chi connectivity index (χ0n) is 6.16. The minimum Gasteiger partial charge on any atom is -0.228 e. The third-order valence-corrected chi connectivity index (χ3v) is 6.31. The summed E-state index contributed by atoms with van der Waals surface area (Å²) in [6, 6.07) is 0. The summed E-state index contributed by atoms with van der Waals surface area (Å²) in [5.41, 5.74) is 0. The van der Waals surface area contributed by atoms with Crippen molar-refractivity contribution in [1.29, 1.82) is 0 Å². The molecule has 2 aliphatic rings. The molecule has 0 aliphatic carbocycles. The molecule has 0 unspecified atom stereocenters. The van der Waals surface area contributed by atoms with E-state index in [-0.39, 0.29) is 15.9 Å². The van der Waals surface area contributed by atoms with E-state index in [2.05, 4.69) is 0 Å². The maximum atomic E-state index is 11.5. The molecule has 2 heterocycles. The molecule has 0 N–H and O–H groups in total. The first-order valence-electron chi connectivity index (χ1n) is 3.99. The average molecular weight is 195 g/mol. The predicted octanol–water partition coefficient (Wildman–Crippen LogP) is 1.33. The predicted molar refractivity (Wildman–Crippen MR) is 44.6 cm³/mol. The zero-order valence-corrected chi connectivity index (χ0v) is 7.74. The number of sulfone groups is 1. The van der Waals surface area contributed by atoms with Crippen LogP contribution < -0.4 is 0 Å². The van der Waals surface area contributed by atoms with Crippen LogP contribution in [0.1, 0.15) is 25.7 Å². The summed E-state index contributed by atoms with van der Waals surface area (Å²) in [6.45, 7) is 0. The molecule has 2 nitrogen and oxygen atoms in total. The third kappa shape index (κ3) is 1.01. The number of rotatable bonds is 0. The van der Waals surface area contributed by atoms with E-state index in [1.165, 1.54) is 0 Å². The summed E-state index contributed by atoms with van der Waals surface area (Å²) in [7, 11) is -2.81. The molecule has 0 radical (unpaired) electrons. The minimum atomic E-state index is -2.81. The minimum absolute atomic E-state index is 0.0532. The topological polar surface area (TPSA) is 34.1 Å². The van der Waals surface area contributed by atoms with Crippen molar-refractivity contribution in [2.45, 2.75) is 41.6 Å². The van der Waals surface area contributed by atoms with Gasteiger partial charge in [0.2, 0.25) is 0 Å². The Hall–Kier alpha value is 0.240. The van der Waals surface area contributed by atoms with E-state index < -0.39 is 9.84 Å². The summed E-state index contributed by atoms with van der Waals surface area (Å²) in [5.74, 6) is 0. The Morgan fingerprint density at radius 3 is 2.36 bits per heavy atom. The van der Waals surface area contributed by atoms with Gasteiger partial charge in [0.25, 0.3) is 0 Å². The summed E-state index contributed by atoms with van der Waals surface area (Å²) in [4.78, 5) is 0. The Balaban J connectivity index is 2.39. The number of halogens is 1. The van der Waals surface area contributed by atoms with Gasteiger partial charge in [0.05, 0.1) is 15.9 Å². The zero-order chi connectivity index (χ0) is 8.06. The lowest BCUT2D eigenvalue weighted by Crippen LogP contribution is -2.35. The Kier molecular flexibility index (Phi) is 1.69. The lowest BCUT2D eigenvalue weighted by atomic mass is 10.2. The molecular weight excluding hydrogens is 184 g/mol. The molecule has 0 aromatic carbocycles. The quantitative estimate of drug-likeness (QED) is 0.546. The first kappa shape index (κ1) is 7.87. The van der Waals surface area contributed by atoms with E-state index in [9.17, 15) is 8.42 Å². The van der Waals surface area contributed by atoms with Gasteiger partial charge in [-0.15, -0.1) is 11.6 Å². The van der Waals surface area contributed by atoms with Crippen LogP contribution in [0.15, 0.2) is 0 Å². The van der Waals surface area contributed by atoms with Crippen molar-refractivity contribution < 1.29 is 8.42 Å². The van der Waals surface area contributed by atoms with Gasteiger partial charge < -0.3 is 0 Å². The van der Waals surface area contributed by atoms with Crippen molar-refractivity contribution in [3.63, 3.8) is 0 Å². The third-order valence-electron chi connectivity index (χ3n) is 2.83. The van der Waals surface area contributed by atoms with Crippen molar-refractivity contribution in [3.05, 3.63) is 0 Å². The van der Waals surface area contributed by atoms with Crippen LogP contribution in [0.2, 0.25) is 0 Å². The van der Waals surface area contributed by atoms with Crippen molar-refractivity contribution in [2.24, 2.45) is 0 Å². The van der Waals surface area contributed by atoms with Gasteiger partial charge in [-0.25, -0.2) is 8.42 Å². The highest BCUT2D eigenvalue weighted by Gasteiger charge is 2.47. The van der Waals surface area contributed by atoms with Crippen LogP contribution in [0.25, 0.3) is 0 Å². The van der Waals surface area contributed by atoms with Crippen LogP contribution in [0.5, 0.6) is 0 Å². The van der Waals surface area contributed by atoms with Crippen LogP contribution in [-0.2, 0) is 9.84 Å². The van der Waals surface area contributed by atoms with Gasteiger partial charge in [-0.05, 0) is 25.7 Å². The standard InChI is InChI=1S/C7H11ClO2S/c8-6-3-1-5-2-4-7(6)11(5,9)10/h5-7H,1-4H2/t5-,6-,7-/m0/s1. The summed E-state index contributed by atoms with van der Waals surface area (Å²) < 4.78 is 23.0. The van der Waals surface area contributed by atoms with Gasteiger partial charge in [-0.3, -0.25) is 0 Å². The number of hydrogen-bond donors (Lipinski definition) is 0. The highest BCUT2D eigenvalue weighted by atomic mass is 35.5. The van der Waals surface area contributed by atoms with E-state index in [1.54, 1.807) is 0 Å². The van der Waals surface area contributed by atoms with E-state index in [0.29, 0.717) is 0 Å². The fraction of sp³-hybridized carbons (Fsp3) is 1.00. The average Bonchev–Trinajstić information content (AvgIpc) is 2.15. The molecule has 0 aromatic rings. The Bertz CT molecular complexity index is 260. The number of alkyl halides is 1. The summed E-state index contributed by atoms with van der Waals surface area (Å²) >= 11 is 5.91. The summed E-state index contributed by atoms with van der Waals surface area (Å²) in [5, 5.41) is -0.385. The lowest BCUT2D eigenvalue weighted by molar-refractivity contribution is 0.547. The molecule has 11 heavy (non-hydrogen) atoms. The molecule has 64 valence electrons. The molecule has 0 amide bonds. The van der Waals surface area contributed by atoms with Gasteiger partial charge in [-0.1, -0.05) is 0 Å². The molecule has 0 spiro atoms. The second kappa shape index (κ2) is 2.36. The molecule has 4 heteroatoms. The molecule has 0 aromatic heterocycles. The number of hydrogen-bond acceptors (Lipinski definition) is 2. The van der Waals surface area contributed by atoms with Crippen molar-refractivity contribution in [2.75, 3.05) is 0 Å². The Morgan fingerprint density at radius 1 is 1.09 bits per heavy atom. The molecule has 2 fully saturated rings.